The van der Waals surface area contributed by atoms with Crippen molar-refractivity contribution in [2.45, 2.75) is 52.9 Å². The molecule has 1 aliphatic heterocycles. The second kappa shape index (κ2) is 6.64. The number of hydrogen-bond donors (Lipinski definition) is 1. The lowest BCUT2D eigenvalue weighted by Gasteiger charge is -2.23. The molecule has 1 aromatic rings. The van der Waals surface area contributed by atoms with Crippen LogP contribution in [0.3, 0.4) is 0 Å². The van der Waals surface area contributed by atoms with Crippen molar-refractivity contribution in [3.8, 4) is 0 Å². The summed E-state index contributed by atoms with van der Waals surface area (Å²) in [5.74, 6) is -0.128. The first-order valence-electron chi connectivity index (χ1n) is 8.65. The topological polar surface area (TPSA) is 40.5 Å². The predicted octanol–water partition coefficient (Wildman–Crippen LogP) is 3.96. The van der Waals surface area contributed by atoms with Crippen molar-refractivity contribution < 1.29 is 9.90 Å². The molecule has 0 amide bonds. The molecule has 0 aromatic heterocycles. The summed E-state index contributed by atoms with van der Waals surface area (Å²) in [4.78, 5) is 13.6. The number of carboxylic acids is 1. The summed E-state index contributed by atoms with van der Waals surface area (Å²) >= 11 is 0. The highest BCUT2D eigenvalue weighted by Crippen LogP contribution is 2.31. The molecule has 2 atom stereocenters. The molecule has 0 bridgehead atoms. The van der Waals surface area contributed by atoms with Gasteiger partial charge in [0.2, 0.25) is 0 Å². The van der Waals surface area contributed by atoms with Gasteiger partial charge in [0.15, 0.2) is 0 Å². The van der Waals surface area contributed by atoms with Crippen LogP contribution in [0, 0.1) is 11.3 Å². The van der Waals surface area contributed by atoms with Gasteiger partial charge in [0, 0.05) is 13.1 Å². The first-order valence-corrected chi connectivity index (χ1v) is 8.65. The SMILES string of the molecule is CC(Cc1ccc(C(C)(C)C)cc1)CN1CCC(C)(C(=O)O)C1. The Labute approximate surface area is 140 Å². The van der Waals surface area contributed by atoms with Crippen molar-refractivity contribution in [1.29, 1.82) is 0 Å². The van der Waals surface area contributed by atoms with Gasteiger partial charge in [-0.15, -0.1) is 0 Å². The Bertz CT molecular complexity index is 544. The minimum atomic E-state index is -0.662. The summed E-state index contributed by atoms with van der Waals surface area (Å²) in [7, 11) is 0. The number of benzene rings is 1. The zero-order valence-corrected chi connectivity index (χ0v) is 15.2. The third kappa shape index (κ3) is 4.57. The Balaban J connectivity index is 1.88. The summed E-state index contributed by atoms with van der Waals surface area (Å²) in [5.41, 5.74) is 2.37. The van der Waals surface area contributed by atoms with Crippen LogP contribution in [-0.4, -0.2) is 35.6 Å². The van der Waals surface area contributed by atoms with Gasteiger partial charge in [-0.1, -0.05) is 52.0 Å². The fourth-order valence-corrected chi connectivity index (χ4v) is 3.44. The third-order valence-electron chi connectivity index (χ3n) is 5.04. The lowest BCUT2D eigenvalue weighted by atomic mass is 9.86. The molecule has 1 heterocycles. The fraction of sp³-hybridized carbons (Fsp3) is 0.650. The van der Waals surface area contributed by atoms with Gasteiger partial charge in [-0.25, -0.2) is 0 Å². The lowest BCUT2D eigenvalue weighted by Crippen LogP contribution is -2.33. The van der Waals surface area contributed by atoms with E-state index in [4.69, 9.17) is 0 Å². The van der Waals surface area contributed by atoms with Gasteiger partial charge >= 0.3 is 5.97 Å². The van der Waals surface area contributed by atoms with E-state index in [0.717, 1.165) is 25.9 Å². The molecule has 23 heavy (non-hydrogen) atoms. The Morgan fingerprint density at radius 1 is 1.30 bits per heavy atom. The largest absolute Gasteiger partial charge is 0.481 e. The number of carboxylic acid groups (broad SMARTS) is 1. The smallest absolute Gasteiger partial charge is 0.310 e. The molecule has 1 fully saturated rings. The Hall–Kier alpha value is -1.35. The fourth-order valence-electron chi connectivity index (χ4n) is 3.44. The average Bonchev–Trinajstić information content (AvgIpc) is 2.81. The van der Waals surface area contributed by atoms with Crippen LogP contribution < -0.4 is 0 Å². The average molecular weight is 317 g/mol. The van der Waals surface area contributed by atoms with E-state index in [1.54, 1.807) is 0 Å². The van der Waals surface area contributed by atoms with Crippen molar-refractivity contribution in [2.75, 3.05) is 19.6 Å². The highest BCUT2D eigenvalue weighted by Gasteiger charge is 2.40. The molecule has 2 unspecified atom stereocenters. The molecular weight excluding hydrogens is 286 g/mol. The summed E-state index contributed by atoms with van der Waals surface area (Å²) < 4.78 is 0. The van der Waals surface area contributed by atoms with E-state index in [1.807, 2.05) is 6.92 Å². The van der Waals surface area contributed by atoms with Gasteiger partial charge < -0.3 is 10.0 Å². The molecule has 0 radical (unpaired) electrons. The summed E-state index contributed by atoms with van der Waals surface area (Å²) in [6, 6.07) is 8.95. The van der Waals surface area contributed by atoms with Crippen LogP contribution in [0.2, 0.25) is 0 Å². The van der Waals surface area contributed by atoms with E-state index >= 15 is 0 Å². The molecule has 0 aliphatic carbocycles. The second-order valence-corrected chi connectivity index (χ2v) is 8.61. The van der Waals surface area contributed by atoms with Crippen molar-refractivity contribution in [3.05, 3.63) is 35.4 Å². The van der Waals surface area contributed by atoms with Crippen molar-refractivity contribution in [3.63, 3.8) is 0 Å². The second-order valence-electron chi connectivity index (χ2n) is 8.61. The summed E-state index contributed by atoms with van der Waals surface area (Å²) in [5, 5.41) is 9.32. The Morgan fingerprint density at radius 3 is 2.39 bits per heavy atom. The monoisotopic (exact) mass is 317 g/mol. The first-order chi connectivity index (χ1) is 10.6. The molecule has 2 rings (SSSR count). The number of rotatable bonds is 5. The van der Waals surface area contributed by atoms with Crippen molar-refractivity contribution in [1.82, 2.24) is 4.90 Å². The van der Waals surface area contributed by atoms with Crippen LogP contribution >= 0.6 is 0 Å². The van der Waals surface area contributed by atoms with Crippen LogP contribution in [0.1, 0.15) is 52.2 Å². The van der Waals surface area contributed by atoms with Crippen LogP contribution in [0.15, 0.2) is 24.3 Å². The molecule has 3 nitrogen and oxygen atoms in total. The standard InChI is InChI=1S/C20H31NO2/c1-15(13-21-11-10-20(5,14-21)18(22)23)12-16-6-8-17(9-7-16)19(2,3)4/h6-9,15H,10-14H2,1-5H3,(H,22,23). The maximum Gasteiger partial charge on any atom is 0.310 e. The zero-order chi connectivity index (χ0) is 17.3. The minimum absolute atomic E-state index is 0.195. The van der Waals surface area contributed by atoms with Crippen molar-refractivity contribution >= 4 is 5.97 Å². The molecule has 1 aromatic carbocycles. The Morgan fingerprint density at radius 2 is 1.91 bits per heavy atom. The molecule has 3 heteroatoms. The lowest BCUT2D eigenvalue weighted by molar-refractivity contribution is -0.147. The molecule has 0 spiro atoms. The van der Waals surface area contributed by atoms with Crippen LogP contribution in [0.25, 0.3) is 0 Å². The van der Waals surface area contributed by atoms with Gasteiger partial charge in [-0.2, -0.15) is 0 Å². The summed E-state index contributed by atoms with van der Waals surface area (Å²) in [6.07, 6.45) is 1.81. The maximum atomic E-state index is 11.3. The molecular formula is C20H31NO2. The van der Waals surface area contributed by atoms with Crippen LogP contribution in [-0.2, 0) is 16.6 Å². The van der Waals surface area contributed by atoms with E-state index in [1.165, 1.54) is 11.1 Å². The Kier molecular flexibility index (Phi) is 5.20. The van der Waals surface area contributed by atoms with Gasteiger partial charge in [-0.3, -0.25) is 4.79 Å². The molecule has 1 saturated heterocycles. The highest BCUT2D eigenvalue weighted by atomic mass is 16.4. The molecule has 1 aliphatic rings. The number of hydrogen-bond acceptors (Lipinski definition) is 2. The predicted molar refractivity (Wildman–Crippen MR) is 94.8 cm³/mol. The highest BCUT2D eigenvalue weighted by molar-refractivity contribution is 5.74. The summed E-state index contributed by atoms with van der Waals surface area (Å²) in [6.45, 7) is 13.4. The first kappa shape index (κ1) is 18.0. The zero-order valence-electron chi connectivity index (χ0n) is 15.2. The molecule has 128 valence electrons. The number of nitrogens with zero attached hydrogens (tertiary/aromatic N) is 1. The van der Waals surface area contributed by atoms with Crippen LogP contribution in [0.4, 0.5) is 0 Å². The van der Waals surface area contributed by atoms with E-state index in [9.17, 15) is 9.90 Å². The third-order valence-corrected chi connectivity index (χ3v) is 5.04. The van der Waals surface area contributed by atoms with E-state index in [0.29, 0.717) is 12.5 Å². The number of aliphatic carboxylic acids is 1. The van der Waals surface area contributed by atoms with E-state index in [2.05, 4.69) is 56.9 Å². The molecule has 0 saturated carbocycles. The van der Waals surface area contributed by atoms with Gasteiger partial charge in [0.25, 0.3) is 0 Å². The van der Waals surface area contributed by atoms with Gasteiger partial charge in [-0.05, 0) is 48.8 Å². The number of likely N-dealkylation sites (tertiary alicyclic amines) is 1. The van der Waals surface area contributed by atoms with E-state index < -0.39 is 11.4 Å². The maximum absolute atomic E-state index is 11.3. The van der Waals surface area contributed by atoms with Crippen molar-refractivity contribution in [2.24, 2.45) is 11.3 Å². The quantitative estimate of drug-likeness (QED) is 0.893. The van der Waals surface area contributed by atoms with E-state index in [-0.39, 0.29) is 5.41 Å². The molecule has 1 N–H and O–H groups in total. The minimum Gasteiger partial charge on any atom is -0.481 e. The normalized spacial score (nSPS) is 23.9. The van der Waals surface area contributed by atoms with Gasteiger partial charge in [0.05, 0.1) is 5.41 Å². The van der Waals surface area contributed by atoms with Gasteiger partial charge in [0.1, 0.15) is 0 Å². The van der Waals surface area contributed by atoms with Crippen LogP contribution in [0.5, 0.6) is 0 Å². The number of carbonyl (C=O) groups is 1.